The van der Waals surface area contributed by atoms with Crippen LogP contribution in [0.4, 0.5) is 0 Å². The largest absolute Gasteiger partial charge is 0.469 e. The van der Waals surface area contributed by atoms with Crippen LogP contribution in [-0.2, 0) is 11.2 Å². The third-order valence-corrected chi connectivity index (χ3v) is 2.73. The van der Waals surface area contributed by atoms with Crippen molar-refractivity contribution in [2.75, 3.05) is 0 Å². The van der Waals surface area contributed by atoms with E-state index in [4.69, 9.17) is 4.42 Å². The van der Waals surface area contributed by atoms with Crippen LogP contribution in [-0.4, -0.2) is 5.78 Å². The molecule has 0 radical (unpaired) electrons. The highest BCUT2D eigenvalue weighted by Crippen LogP contribution is 2.24. The minimum absolute atomic E-state index is 0.427. The number of rotatable bonds is 2. The van der Waals surface area contributed by atoms with Crippen molar-refractivity contribution >= 4 is 5.78 Å². The summed E-state index contributed by atoms with van der Waals surface area (Å²) in [5, 5.41) is 0. The van der Waals surface area contributed by atoms with Crippen molar-refractivity contribution in [2.24, 2.45) is 5.92 Å². The molecular formula is C11H14O2. The first kappa shape index (κ1) is 8.54. The Morgan fingerprint density at radius 1 is 1.38 bits per heavy atom. The Balaban J connectivity index is 1.86. The molecule has 1 aliphatic rings. The van der Waals surface area contributed by atoms with Crippen molar-refractivity contribution in [3.05, 3.63) is 24.2 Å². The lowest BCUT2D eigenvalue weighted by Gasteiger charge is -2.19. The molecule has 2 nitrogen and oxygen atoms in total. The molecule has 70 valence electrons. The van der Waals surface area contributed by atoms with Gasteiger partial charge < -0.3 is 4.42 Å². The van der Waals surface area contributed by atoms with E-state index in [-0.39, 0.29) is 0 Å². The van der Waals surface area contributed by atoms with E-state index in [1.165, 1.54) is 0 Å². The van der Waals surface area contributed by atoms with Gasteiger partial charge in [-0.15, -0.1) is 0 Å². The van der Waals surface area contributed by atoms with Gasteiger partial charge in [0.15, 0.2) is 0 Å². The summed E-state index contributed by atoms with van der Waals surface area (Å²) in [5.41, 5.74) is 0. The Labute approximate surface area is 77.9 Å². The maximum atomic E-state index is 11.0. The highest BCUT2D eigenvalue weighted by molar-refractivity contribution is 5.79. The molecule has 0 unspecified atom stereocenters. The average molecular weight is 178 g/mol. The summed E-state index contributed by atoms with van der Waals surface area (Å²) in [6, 6.07) is 3.93. The molecule has 0 amide bonds. The molecule has 0 bridgehead atoms. The summed E-state index contributed by atoms with van der Waals surface area (Å²) in [7, 11) is 0. The number of Topliss-reactive ketones (excluding diaryl/α,β-unsaturated/α-hetero) is 1. The van der Waals surface area contributed by atoms with Gasteiger partial charge in [0, 0.05) is 19.3 Å². The first-order valence-corrected chi connectivity index (χ1v) is 4.88. The molecule has 2 heteroatoms. The van der Waals surface area contributed by atoms with Crippen LogP contribution in [0.2, 0.25) is 0 Å². The maximum absolute atomic E-state index is 11.0. The molecule has 1 saturated carbocycles. The molecule has 1 aromatic rings. The van der Waals surface area contributed by atoms with Gasteiger partial charge in [-0.25, -0.2) is 0 Å². The van der Waals surface area contributed by atoms with Gasteiger partial charge in [0.05, 0.1) is 6.26 Å². The van der Waals surface area contributed by atoms with E-state index in [1.54, 1.807) is 6.26 Å². The second-order valence-electron chi connectivity index (χ2n) is 3.77. The number of hydrogen-bond acceptors (Lipinski definition) is 2. The average Bonchev–Trinajstić information content (AvgIpc) is 2.62. The molecule has 1 heterocycles. The lowest BCUT2D eigenvalue weighted by Crippen LogP contribution is -2.15. The van der Waals surface area contributed by atoms with Crippen LogP contribution < -0.4 is 0 Å². The van der Waals surface area contributed by atoms with Gasteiger partial charge >= 0.3 is 0 Å². The quantitative estimate of drug-likeness (QED) is 0.696. The monoisotopic (exact) mass is 178 g/mol. The van der Waals surface area contributed by atoms with Gasteiger partial charge in [-0.3, -0.25) is 4.79 Å². The minimum atomic E-state index is 0.427. The predicted molar refractivity (Wildman–Crippen MR) is 49.4 cm³/mol. The van der Waals surface area contributed by atoms with Crippen LogP contribution in [0.3, 0.4) is 0 Å². The lowest BCUT2D eigenvalue weighted by molar-refractivity contribution is -0.121. The Kier molecular flexibility index (Phi) is 2.48. The van der Waals surface area contributed by atoms with Crippen LogP contribution in [0.15, 0.2) is 22.8 Å². The van der Waals surface area contributed by atoms with Crippen molar-refractivity contribution in [2.45, 2.75) is 32.1 Å². The summed E-state index contributed by atoms with van der Waals surface area (Å²) in [6.07, 6.45) is 6.33. The Hall–Kier alpha value is -1.05. The van der Waals surface area contributed by atoms with Crippen molar-refractivity contribution < 1.29 is 9.21 Å². The van der Waals surface area contributed by atoms with Crippen LogP contribution in [0.25, 0.3) is 0 Å². The van der Waals surface area contributed by atoms with Crippen molar-refractivity contribution in [1.82, 2.24) is 0 Å². The van der Waals surface area contributed by atoms with Crippen LogP contribution in [0.1, 0.15) is 31.4 Å². The zero-order valence-electron chi connectivity index (χ0n) is 7.66. The third-order valence-electron chi connectivity index (χ3n) is 2.73. The summed E-state index contributed by atoms with van der Waals surface area (Å²) in [5.74, 6) is 2.14. The molecular weight excluding hydrogens is 164 g/mol. The molecule has 13 heavy (non-hydrogen) atoms. The highest BCUT2D eigenvalue weighted by Gasteiger charge is 2.19. The van der Waals surface area contributed by atoms with Crippen LogP contribution in [0.5, 0.6) is 0 Å². The number of furan rings is 1. The van der Waals surface area contributed by atoms with E-state index in [9.17, 15) is 4.79 Å². The Bertz CT molecular complexity index is 264. The van der Waals surface area contributed by atoms with Gasteiger partial charge in [0.1, 0.15) is 11.5 Å². The molecule has 0 atom stereocenters. The Morgan fingerprint density at radius 2 is 2.15 bits per heavy atom. The fourth-order valence-electron chi connectivity index (χ4n) is 1.92. The van der Waals surface area contributed by atoms with Crippen molar-refractivity contribution in [3.63, 3.8) is 0 Å². The fraction of sp³-hybridized carbons (Fsp3) is 0.545. The van der Waals surface area contributed by atoms with Gasteiger partial charge in [-0.05, 0) is 30.9 Å². The predicted octanol–water partition coefficient (Wildman–Crippen LogP) is 2.58. The van der Waals surface area contributed by atoms with E-state index in [0.717, 1.165) is 37.9 Å². The van der Waals surface area contributed by atoms with Crippen LogP contribution in [0, 0.1) is 5.92 Å². The van der Waals surface area contributed by atoms with Gasteiger partial charge in [-0.1, -0.05) is 0 Å². The van der Waals surface area contributed by atoms with E-state index < -0.39 is 0 Å². The number of carbonyl (C=O) groups excluding carboxylic acids is 1. The number of carbonyl (C=O) groups is 1. The normalized spacial score (nSPS) is 19.2. The Morgan fingerprint density at radius 3 is 2.77 bits per heavy atom. The van der Waals surface area contributed by atoms with E-state index in [1.807, 2.05) is 12.1 Å². The maximum Gasteiger partial charge on any atom is 0.132 e. The third kappa shape index (κ3) is 2.20. The number of hydrogen-bond donors (Lipinski definition) is 0. The highest BCUT2D eigenvalue weighted by atomic mass is 16.3. The zero-order valence-corrected chi connectivity index (χ0v) is 7.66. The minimum Gasteiger partial charge on any atom is -0.469 e. The van der Waals surface area contributed by atoms with E-state index >= 15 is 0 Å². The lowest BCUT2D eigenvalue weighted by atomic mass is 9.86. The molecule has 0 N–H and O–H groups in total. The van der Waals surface area contributed by atoms with E-state index in [0.29, 0.717) is 11.7 Å². The molecule has 0 spiro atoms. The SMILES string of the molecule is O=C1CCC(Cc2ccco2)CC1. The summed E-state index contributed by atoms with van der Waals surface area (Å²) in [6.45, 7) is 0. The van der Waals surface area contributed by atoms with Gasteiger partial charge in [0.2, 0.25) is 0 Å². The molecule has 1 aromatic heterocycles. The van der Waals surface area contributed by atoms with Crippen molar-refractivity contribution in [3.8, 4) is 0 Å². The topological polar surface area (TPSA) is 30.2 Å². The summed E-state index contributed by atoms with van der Waals surface area (Å²) >= 11 is 0. The first-order valence-electron chi connectivity index (χ1n) is 4.88. The first-order chi connectivity index (χ1) is 6.34. The molecule has 0 aromatic carbocycles. The second kappa shape index (κ2) is 3.77. The number of ketones is 1. The second-order valence-corrected chi connectivity index (χ2v) is 3.77. The zero-order chi connectivity index (χ0) is 9.10. The molecule has 1 fully saturated rings. The molecule has 1 aliphatic carbocycles. The fourth-order valence-corrected chi connectivity index (χ4v) is 1.92. The smallest absolute Gasteiger partial charge is 0.132 e. The van der Waals surface area contributed by atoms with Crippen molar-refractivity contribution in [1.29, 1.82) is 0 Å². The van der Waals surface area contributed by atoms with Gasteiger partial charge in [0.25, 0.3) is 0 Å². The van der Waals surface area contributed by atoms with Crippen LogP contribution >= 0.6 is 0 Å². The molecule has 0 aliphatic heterocycles. The van der Waals surface area contributed by atoms with Gasteiger partial charge in [-0.2, -0.15) is 0 Å². The summed E-state index contributed by atoms with van der Waals surface area (Å²) < 4.78 is 5.28. The summed E-state index contributed by atoms with van der Waals surface area (Å²) in [4.78, 5) is 11.0. The molecule has 2 rings (SSSR count). The standard InChI is InChI=1S/C11H14O2/c12-10-5-3-9(4-6-10)8-11-2-1-7-13-11/h1-2,7,9H,3-6,8H2. The molecule has 0 saturated heterocycles. The van der Waals surface area contributed by atoms with E-state index in [2.05, 4.69) is 0 Å².